The highest BCUT2D eigenvalue weighted by molar-refractivity contribution is 8.02. The van der Waals surface area contributed by atoms with Gasteiger partial charge in [0.15, 0.2) is 0 Å². The molecule has 3 aliphatic heterocycles. The average molecular weight is 513 g/mol. The maximum absolute atomic E-state index is 14.2. The van der Waals surface area contributed by atoms with Crippen LogP contribution in [0.4, 0.5) is 0 Å². The highest BCUT2D eigenvalue weighted by Gasteiger charge is 2.76. The number of amides is 2. The maximum atomic E-state index is 14.2. The van der Waals surface area contributed by atoms with E-state index < -0.39 is 22.6 Å². The van der Waals surface area contributed by atoms with E-state index in [1.165, 1.54) is 4.90 Å². The molecule has 3 heterocycles. The number of carbonyl (C=O) groups excluding carboxylic acids is 3. The van der Waals surface area contributed by atoms with Crippen LogP contribution in [0, 0.1) is 17.8 Å². The molecule has 3 fully saturated rings. The SMILES string of the molecule is C=CCCCOC(=O)[C@@H]1[C@@H]2CC(C)C3(S2)C(C(=O)N(CC=C)Cc2ccccc2)N(CCO)C(=O)[C@H]13. The van der Waals surface area contributed by atoms with Crippen molar-refractivity contribution in [3.8, 4) is 0 Å². The number of allylic oxidation sites excluding steroid dienone is 1. The van der Waals surface area contributed by atoms with Crippen LogP contribution >= 0.6 is 11.8 Å². The molecule has 6 atom stereocenters. The summed E-state index contributed by atoms with van der Waals surface area (Å²) in [6, 6.07) is 8.96. The lowest BCUT2D eigenvalue weighted by Gasteiger charge is -2.40. The lowest BCUT2D eigenvalue weighted by atomic mass is 9.66. The third-order valence-electron chi connectivity index (χ3n) is 7.77. The van der Waals surface area contributed by atoms with Gasteiger partial charge in [0, 0.05) is 24.9 Å². The Morgan fingerprint density at radius 3 is 2.69 bits per heavy atom. The number of hydrogen-bond donors (Lipinski definition) is 1. The molecule has 194 valence electrons. The fourth-order valence-electron chi connectivity index (χ4n) is 6.28. The minimum atomic E-state index is -0.755. The van der Waals surface area contributed by atoms with Crippen LogP contribution in [-0.2, 0) is 25.7 Å². The van der Waals surface area contributed by atoms with Crippen molar-refractivity contribution in [2.75, 3.05) is 26.3 Å². The van der Waals surface area contributed by atoms with Gasteiger partial charge in [-0.2, -0.15) is 0 Å². The van der Waals surface area contributed by atoms with Crippen LogP contribution in [0.15, 0.2) is 55.6 Å². The van der Waals surface area contributed by atoms with Gasteiger partial charge in [0.25, 0.3) is 0 Å². The number of benzene rings is 1. The summed E-state index contributed by atoms with van der Waals surface area (Å²) in [6.45, 7) is 10.4. The van der Waals surface area contributed by atoms with Gasteiger partial charge < -0.3 is 19.6 Å². The van der Waals surface area contributed by atoms with Gasteiger partial charge in [-0.15, -0.1) is 24.9 Å². The van der Waals surface area contributed by atoms with E-state index >= 15 is 0 Å². The molecule has 8 heteroatoms. The van der Waals surface area contributed by atoms with Crippen molar-refractivity contribution in [1.29, 1.82) is 0 Å². The molecule has 36 heavy (non-hydrogen) atoms. The summed E-state index contributed by atoms with van der Waals surface area (Å²) in [5, 5.41) is 9.76. The lowest BCUT2D eigenvalue weighted by molar-refractivity contribution is -0.154. The number of esters is 1. The lowest BCUT2D eigenvalue weighted by Crippen LogP contribution is -2.57. The van der Waals surface area contributed by atoms with Crippen molar-refractivity contribution < 1.29 is 24.2 Å². The summed E-state index contributed by atoms with van der Waals surface area (Å²) >= 11 is 1.61. The second-order valence-corrected chi connectivity index (χ2v) is 11.4. The van der Waals surface area contributed by atoms with Crippen molar-refractivity contribution in [3.05, 3.63) is 61.2 Å². The number of ether oxygens (including phenoxy) is 1. The number of carbonyl (C=O) groups is 3. The first-order valence-electron chi connectivity index (χ1n) is 12.7. The van der Waals surface area contributed by atoms with Crippen LogP contribution in [0.1, 0.15) is 31.7 Å². The first kappa shape index (κ1) is 26.5. The van der Waals surface area contributed by atoms with Crippen LogP contribution < -0.4 is 0 Å². The number of unbranched alkanes of at least 4 members (excludes halogenated alkanes) is 1. The number of aliphatic hydroxyl groups excluding tert-OH is 1. The molecular weight excluding hydrogens is 476 g/mol. The monoisotopic (exact) mass is 512 g/mol. The molecule has 1 spiro atoms. The number of β-amino-alcohol motifs (C(OH)–C–C–N with tert-alkyl or cyclic N) is 1. The Balaban J connectivity index is 1.66. The predicted octanol–water partition coefficient (Wildman–Crippen LogP) is 3.04. The number of hydrogen-bond acceptors (Lipinski definition) is 6. The largest absolute Gasteiger partial charge is 0.465 e. The van der Waals surface area contributed by atoms with Crippen LogP contribution in [0.2, 0.25) is 0 Å². The number of thioether (sulfide) groups is 1. The summed E-state index contributed by atoms with van der Waals surface area (Å²) in [7, 11) is 0. The van der Waals surface area contributed by atoms with Crippen LogP contribution in [0.3, 0.4) is 0 Å². The minimum absolute atomic E-state index is 0.0554. The molecule has 3 saturated heterocycles. The normalized spacial score (nSPS) is 30.2. The molecule has 7 nitrogen and oxygen atoms in total. The van der Waals surface area contributed by atoms with Crippen molar-refractivity contribution in [3.63, 3.8) is 0 Å². The van der Waals surface area contributed by atoms with E-state index in [2.05, 4.69) is 20.1 Å². The summed E-state index contributed by atoms with van der Waals surface area (Å²) in [6.07, 6.45) is 5.66. The van der Waals surface area contributed by atoms with E-state index in [1.54, 1.807) is 28.8 Å². The van der Waals surface area contributed by atoms with E-state index in [4.69, 9.17) is 4.74 Å². The quantitative estimate of drug-likeness (QED) is 0.263. The molecule has 0 aromatic heterocycles. The number of likely N-dealkylation sites (tertiary alicyclic amines) is 1. The fraction of sp³-hybridized carbons (Fsp3) is 0.536. The van der Waals surface area contributed by atoms with Gasteiger partial charge >= 0.3 is 5.97 Å². The molecular formula is C28H36N2O5S. The van der Waals surface area contributed by atoms with Crippen LogP contribution in [0.25, 0.3) is 0 Å². The molecule has 0 aliphatic carbocycles. The first-order chi connectivity index (χ1) is 17.4. The molecule has 0 radical (unpaired) electrons. The minimum Gasteiger partial charge on any atom is -0.465 e. The predicted molar refractivity (Wildman–Crippen MR) is 140 cm³/mol. The second-order valence-electron chi connectivity index (χ2n) is 9.90. The zero-order valence-corrected chi connectivity index (χ0v) is 21.7. The van der Waals surface area contributed by atoms with Gasteiger partial charge in [-0.05, 0) is 30.7 Å². The number of nitrogens with zero attached hydrogens (tertiary/aromatic N) is 2. The molecule has 4 rings (SSSR count). The van der Waals surface area contributed by atoms with E-state index in [1.807, 2.05) is 30.3 Å². The van der Waals surface area contributed by atoms with Gasteiger partial charge in [-0.3, -0.25) is 14.4 Å². The van der Waals surface area contributed by atoms with E-state index in [-0.39, 0.29) is 48.7 Å². The van der Waals surface area contributed by atoms with Crippen LogP contribution in [0.5, 0.6) is 0 Å². The zero-order valence-electron chi connectivity index (χ0n) is 20.9. The van der Waals surface area contributed by atoms with Crippen molar-refractivity contribution in [2.45, 2.75) is 48.8 Å². The molecule has 3 aliphatic rings. The maximum Gasteiger partial charge on any atom is 0.310 e. The Morgan fingerprint density at radius 2 is 2.03 bits per heavy atom. The van der Waals surface area contributed by atoms with Gasteiger partial charge in [0.2, 0.25) is 11.8 Å². The summed E-state index contributed by atoms with van der Waals surface area (Å²) < 4.78 is 4.87. The Hall–Kier alpha value is -2.58. The Kier molecular flexibility index (Phi) is 8.25. The van der Waals surface area contributed by atoms with Crippen LogP contribution in [-0.4, -0.2) is 75.0 Å². The zero-order chi connectivity index (χ0) is 25.9. The van der Waals surface area contributed by atoms with Crippen molar-refractivity contribution in [2.24, 2.45) is 17.8 Å². The van der Waals surface area contributed by atoms with Crippen molar-refractivity contribution >= 4 is 29.5 Å². The standard InChI is InChI=1S/C28H36N2O5S/c1-4-6-10-16-35-27(34)22-21-17-19(3)28(36-21)23(22)25(32)30(14-15-31)24(28)26(33)29(13-5-2)18-20-11-8-7-9-12-20/h4-5,7-9,11-12,19,21-24,31H,1-2,6,10,13-18H2,3H3/t19?,21-,22+,23-,24?,28?/m0/s1. The van der Waals surface area contributed by atoms with E-state index in [9.17, 15) is 19.5 Å². The number of rotatable bonds is 12. The highest BCUT2D eigenvalue weighted by Crippen LogP contribution is 2.68. The van der Waals surface area contributed by atoms with Crippen molar-refractivity contribution in [1.82, 2.24) is 9.80 Å². The molecule has 3 unspecified atom stereocenters. The van der Waals surface area contributed by atoms with Gasteiger partial charge in [0.05, 0.1) is 29.8 Å². The summed E-state index contributed by atoms with van der Waals surface area (Å²) in [4.78, 5) is 44.5. The summed E-state index contributed by atoms with van der Waals surface area (Å²) in [5.41, 5.74) is 0.984. The molecule has 1 aromatic carbocycles. The number of fused-ring (bicyclic) bond motifs is 1. The third kappa shape index (κ3) is 4.50. The van der Waals surface area contributed by atoms with E-state index in [0.29, 0.717) is 19.5 Å². The fourth-order valence-corrected chi connectivity index (χ4v) is 8.68. The first-order valence-corrected chi connectivity index (χ1v) is 13.6. The number of aliphatic hydroxyl groups is 1. The third-order valence-corrected chi connectivity index (χ3v) is 9.84. The topological polar surface area (TPSA) is 87.2 Å². The molecule has 1 aromatic rings. The Bertz CT molecular complexity index is 1000. The smallest absolute Gasteiger partial charge is 0.310 e. The molecule has 1 N–H and O–H groups in total. The Morgan fingerprint density at radius 1 is 1.28 bits per heavy atom. The molecule has 2 bridgehead atoms. The average Bonchev–Trinajstić information content (AvgIpc) is 3.46. The molecule has 0 saturated carbocycles. The van der Waals surface area contributed by atoms with Gasteiger partial charge in [-0.25, -0.2) is 0 Å². The van der Waals surface area contributed by atoms with Gasteiger partial charge in [0.1, 0.15) is 6.04 Å². The second kappa shape index (κ2) is 11.2. The molecule has 2 amide bonds. The Labute approximate surface area is 217 Å². The highest BCUT2D eigenvalue weighted by atomic mass is 32.2. The van der Waals surface area contributed by atoms with Gasteiger partial charge in [-0.1, -0.05) is 49.4 Å². The summed E-state index contributed by atoms with van der Waals surface area (Å²) in [5.74, 6) is -1.90. The van der Waals surface area contributed by atoms with E-state index in [0.717, 1.165) is 18.4 Å².